The van der Waals surface area contributed by atoms with E-state index in [1.54, 1.807) is 12.3 Å². The number of nitrogens with zero attached hydrogens (tertiary/aromatic N) is 2. The standard InChI is InChI=1S/C19H12ClFN4OS/c20-17-15(24-18(26)11-2-1-3-13(21)6-11)7-12(9-23-17)10-4-5-14-16(8-10)27-19(22)25-14/h1-9H,(H2,22,25)(H,24,26). The highest BCUT2D eigenvalue weighted by atomic mass is 35.5. The number of halogens is 2. The second-order valence-electron chi connectivity index (χ2n) is 5.76. The first-order valence-corrected chi connectivity index (χ1v) is 9.08. The minimum atomic E-state index is -0.488. The molecular formula is C19H12ClFN4OS. The average molecular weight is 399 g/mol. The van der Waals surface area contributed by atoms with Gasteiger partial charge in [-0.3, -0.25) is 4.79 Å². The third-order valence-corrected chi connectivity index (χ3v) is 5.06. The maximum Gasteiger partial charge on any atom is 0.255 e. The Morgan fingerprint density at radius 1 is 1.15 bits per heavy atom. The van der Waals surface area contributed by atoms with Crippen molar-refractivity contribution < 1.29 is 9.18 Å². The molecule has 2 aromatic heterocycles. The average Bonchev–Trinajstić information content (AvgIpc) is 3.02. The van der Waals surface area contributed by atoms with E-state index in [0.717, 1.165) is 27.4 Å². The van der Waals surface area contributed by atoms with Gasteiger partial charge in [-0.1, -0.05) is 35.1 Å². The number of hydrogen-bond donors (Lipinski definition) is 2. The van der Waals surface area contributed by atoms with Gasteiger partial charge in [0.1, 0.15) is 5.82 Å². The van der Waals surface area contributed by atoms with Crippen LogP contribution in [-0.2, 0) is 0 Å². The molecule has 0 aliphatic rings. The summed E-state index contributed by atoms with van der Waals surface area (Å²) in [7, 11) is 0. The number of carbonyl (C=O) groups is 1. The molecule has 0 aliphatic carbocycles. The van der Waals surface area contributed by atoms with Crippen molar-refractivity contribution in [3.8, 4) is 11.1 Å². The van der Waals surface area contributed by atoms with E-state index in [1.807, 2.05) is 18.2 Å². The predicted molar refractivity (Wildman–Crippen MR) is 107 cm³/mol. The van der Waals surface area contributed by atoms with E-state index in [9.17, 15) is 9.18 Å². The maximum absolute atomic E-state index is 13.3. The maximum atomic E-state index is 13.3. The van der Waals surface area contributed by atoms with Crippen LogP contribution in [0.2, 0.25) is 5.15 Å². The van der Waals surface area contributed by atoms with Crippen LogP contribution in [0.4, 0.5) is 15.2 Å². The van der Waals surface area contributed by atoms with Gasteiger partial charge in [-0.05, 0) is 42.0 Å². The van der Waals surface area contributed by atoms with Gasteiger partial charge in [0.05, 0.1) is 15.9 Å². The molecule has 0 saturated carbocycles. The number of nitrogen functional groups attached to an aromatic ring is 1. The van der Waals surface area contributed by atoms with Crippen molar-refractivity contribution in [1.82, 2.24) is 9.97 Å². The Balaban J connectivity index is 1.67. The minimum absolute atomic E-state index is 0.145. The minimum Gasteiger partial charge on any atom is -0.375 e. The second kappa shape index (κ2) is 6.94. The Bertz CT molecular complexity index is 1180. The summed E-state index contributed by atoms with van der Waals surface area (Å²) in [6.07, 6.45) is 1.62. The van der Waals surface area contributed by atoms with Crippen LogP contribution in [-0.4, -0.2) is 15.9 Å². The quantitative estimate of drug-likeness (QED) is 0.476. The first kappa shape index (κ1) is 17.4. The monoisotopic (exact) mass is 398 g/mol. The number of pyridine rings is 1. The molecule has 4 aromatic rings. The lowest BCUT2D eigenvalue weighted by molar-refractivity contribution is 0.102. The van der Waals surface area contributed by atoms with Gasteiger partial charge in [0, 0.05) is 17.3 Å². The van der Waals surface area contributed by atoms with E-state index in [2.05, 4.69) is 15.3 Å². The number of fused-ring (bicyclic) bond motifs is 1. The number of hydrogen-bond acceptors (Lipinski definition) is 5. The van der Waals surface area contributed by atoms with E-state index in [-0.39, 0.29) is 10.7 Å². The summed E-state index contributed by atoms with van der Waals surface area (Å²) in [4.78, 5) is 20.7. The van der Waals surface area contributed by atoms with Crippen LogP contribution in [0.1, 0.15) is 10.4 Å². The van der Waals surface area contributed by atoms with Gasteiger partial charge in [-0.25, -0.2) is 14.4 Å². The molecule has 134 valence electrons. The largest absolute Gasteiger partial charge is 0.375 e. The molecule has 27 heavy (non-hydrogen) atoms. The van der Waals surface area contributed by atoms with Gasteiger partial charge < -0.3 is 11.1 Å². The van der Waals surface area contributed by atoms with Crippen molar-refractivity contribution in [2.24, 2.45) is 0 Å². The topological polar surface area (TPSA) is 80.9 Å². The Hall–Kier alpha value is -3.03. The summed E-state index contributed by atoms with van der Waals surface area (Å²) >= 11 is 7.51. The molecule has 0 spiro atoms. The molecule has 0 saturated heterocycles. The number of thiazole rings is 1. The molecule has 4 rings (SSSR count). The fourth-order valence-corrected chi connectivity index (χ4v) is 3.56. The van der Waals surface area contributed by atoms with Crippen LogP contribution >= 0.6 is 22.9 Å². The van der Waals surface area contributed by atoms with Crippen LogP contribution in [0.25, 0.3) is 21.3 Å². The fourth-order valence-electron chi connectivity index (χ4n) is 2.64. The molecule has 0 atom stereocenters. The van der Waals surface area contributed by atoms with Gasteiger partial charge >= 0.3 is 0 Å². The number of aromatic nitrogens is 2. The zero-order chi connectivity index (χ0) is 19.0. The lowest BCUT2D eigenvalue weighted by Gasteiger charge is -2.09. The number of anilines is 2. The van der Waals surface area contributed by atoms with Crippen LogP contribution in [0.15, 0.2) is 54.7 Å². The van der Waals surface area contributed by atoms with E-state index < -0.39 is 11.7 Å². The van der Waals surface area contributed by atoms with Crippen LogP contribution in [0.5, 0.6) is 0 Å². The first-order valence-electron chi connectivity index (χ1n) is 7.88. The number of carbonyl (C=O) groups excluding carboxylic acids is 1. The first-order chi connectivity index (χ1) is 13.0. The van der Waals surface area contributed by atoms with Gasteiger partial charge in [-0.2, -0.15) is 0 Å². The molecule has 5 nitrogen and oxygen atoms in total. The molecular weight excluding hydrogens is 387 g/mol. The number of amides is 1. The fraction of sp³-hybridized carbons (Fsp3) is 0. The molecule has 3 N–H and O–H groups in total. The summed E-state index contributed by atoms with van der Waals surface area (Å²) < 4.78 is 14.3. The summed E-state index contributed by atoms with van der Waals surface area (Å²) in [5.41, 5.74) is 8.75. The predicted octanol–water partition coefficient (Wildman–Crippen LogP) is 4.99. The molecule has 0 aliphatic heterocycles. The van der Waals surface area contributed by atoms with Crippen LogP contribution < -0.4 is 11.1 Å². The molecule has 0 bridgehead atoms. The van der Waals surface area contributed by atoms with Crippen molar-refractivity contribution >= 4 is 49.9 Å². The lowest BCUT2D eigenvalue weighted by Crippen LogP contribution is -2.12. The SMILES string of the molecule is Nc1nc2ccc(-c3cnc(Cl)c(NC(=O)c4cccc(F)c4)c3)cc2s1. The van der Waals surface area contributed by atoms with Gasteiger partial charge in [-0.15, -0.1) is 0 Å². The Labute approximate surface area is 162 Å². The number of nitrogens with two attached hydrogens (primary N) is 1. The molecule has 2 heterocycles. The second-order valence-corrected chi connectivity index (χ2v) is 7.18. The van der Waals surface area contributed by atoms with Crippen molar-refractivity contribution in [3.63, 3.8) is 0 Å². The third kappa shape index (κ3) is 3.60. The highest BCUT2D eigenvalue weighted by Crippen LogP contribution is 2.31. The summed E-state index contributed by atoms with van der Waals surface area (Å²) in [5.74, 6) is -0.959. The van der Waals surface area contributed by atoms with E-state index in [1.165, 1.54) is 29.5 Å². The smallest absolute Gasteiger partial charge is 0.255 e. The molecule has 0 fully saturated rings. The van der Waals surface area contributed by atoms with Gasteiger partial charge in [0.2, 0.25) is 0 Å². The summed E-state index contributed by atoms with van der Waals surface area (Å²) in [6, 6.07) is 12.9. The van der Waals surface area contributed by atoms with Crippen LogP contribution in [0, 0.1) is 5.82 Å². The number of nitrogens with one attached hydrogen (secondary N) is 1. The summed E-state index contributed by atoms with van der Waals surface area (Å²) in [5, 5.41) is 3.32. The molecule has 2 aromatic carbocycles. The Morgan fingerprint density at radius 2 is 2.00 bits per heavy atom. The third-order valence-electron chi connectivity index (χ3n) is 3.91. The lowest BCUT2D eigenvalue weighted by atomic mass is 10.1. The van der Waals surface area contributed by atoms with Crippen LogP contribution in [0.3, 0.4) is 0 Å². The van der Waals surface area contributed by atoms with Crippen molar-refractivity contribution in [2.45, 2.75) is 0 Å². The molecule has 0 unspecified atom stereocenters. The zero-order valence-corrected chi connectivity index (χ0v) is 15.3. The number of benzene rings is 2. The number of rotatable bonds is 3. The van der Waals surface area contributed by atoms with Crippen molar-refractivity contribution in [3.05, 3.63) is 71.3 Å². The Kier molecular flexibility index (Phi) is 4.47. The summed E-state index contributed by atoms with van der Waals surface area (Å²) in [6.45, 7) is 0. The van der Waals surface area contributed by atoms with Crippen molar-refractivity contribution in [2.75, 3.05) is 11.1 Å². The van der Waals surface area contributed by atoms with Gasteiger partial charge in [0.25, 0.3) is 5.91 Å². The highest BCUT2D eigenvalue weighted by molar-refractivity contribution is 7.22. The van der Waals surface area contributed by atoms with Gasteiger partial charge in [0.15, 0.2) is 10.3 Å². The van der Waals surface area contributed by atoms with E-state index >= 15 is 0 Å². The normalized spacial score (nSPS) is 10.9. The molecule has 0 radical (unpaired) electrons. The molecule has 8 heteroatoms. The zero-order valence-electron chi connectivity index (χ0n) is 13.7. The Morgan fingerprint density at radius 3 is 2.81 bits per heavy atom. The highest BCUT2D eigenvalue weighted by Gasteiger charge is 2.12. The van der Waals surface area contributed by atoms with Crippen molar-refractivity contribution in [1.29, 1.82) is 0 Å². The molecule has 1 amide bonds. The van der Waals surface area contributed by atoms with E-state index in [4.69, 9.17) is 17.3 Å². The van der Waals surface area contributed by atoms with E-state index in [0.29, 0.717) is 10.8 Å².